The second-order valence-electron chi connectivity index (χ2n) is 7.22. The maximum Gasteiger partial charge on any atom is 0.245 e. The maximum absolute atomic E-state index is 12.6. The van der Waals surface area contributed by atoms with E-state index in [1.807, 2.05) is 51.1 Å². The van der Waals surface area contributed by atoms with Gasteiger partial charge >= 0.3 is 0 Å². The number of nitrogens with zero attached hydrogens (tertiary/aromatic N) is 2. The van der Waals surface area contributed by atoms with Crippen molar-refractivity contribution in [3.63, 3.8) is 0 Å². The highest BCUT2D eigenvalue weighted by Gasteiger charge is 2.38. The summed E-state index contributed by atoms with van der Waals surface area (Å²) in [6.07, 6.45) is 0.401. The van der Waals surface area contributed by atoms with Crippen LogP contribution in [0.25, 0.3) is 0 Å². The normalized spacial score (nSPS) is 18.8. The fourth-order valence-corrected chi connectivity index (χ4v) is 2.78. The monoisotopic (exact) mass is 331 g/mol. The highest BCUT2D eigenvalue weighted by Crippen LogP contribution is 2.16. The van der Waals surface area contributed by atoms with Crippen molar-refractivity contribution in [3.8, 4) is 0 Å². The molecule has 0 spiro atoms. The smallest absolute Gasteiger partial charge is 0.245 e. The average molecular weight is 331 g/mol. The van der Waals surface area contributed by atoms with E-state index in [1.165, 1.54) is 9.80 Å². The Kier molecular flexibility index (Phi) is 5.26. The molecule has 0 saturated carbocycles. The molecule has 1 saturated heterocycles. The maximum atomic E-state index is 12.6. The molecule has 0 bridgehead atoms. The van der Waals surface area contributed by atoms with Crippen molar-refractivity contribution in [1.29, 1.82) is 0 Å². The van der Waals surface area contributed by atoms with Crippen LogP contribution in [0.4, 0.5) is 0 Å². The summed E-state index contributed by atoms with van der Waals surface area (Å²) in [6, 6.07) is 8.87. The van der Waals surface area contributed by atoms with E-state index in [9.17, 15) is 14.4 Å². The molecule has 1 heterocycles. The Balaban J connectivity index is 2.19. The summed E-state index contributed by atoms with van der Waals surface area (Å²) in [7, 11) is 1.62. The number of piperazine rings is 1. The number of amides is 3. The molecule has 1 aromatic carbocycles. The van der Waals surface area contributed by atoms with E-state index < -0.39 is 6.04 Å². The average Bonchev–Trinajstić information content (AvgIpc) is 2.47. The van der Waals surface area contributed by atoms with Gasteiger partial charge in [0.2, 0.25) is 17.7 Å². The summed E-state index contributed by atoms with van der Waals surface area (Å²) >= 11 is 0. The summed E-state index contributed by atoms with van der Waals surface area (Å²) in [4.78, 5) is 40.0. The van der Waals surface area contributed by atoms with Crippen molar-refractivity contribution in [3.05, 3.63) is 35.9 Å². The lowest BCUT2D eigenvalue weighted by molar-refractivity contribution is -0.156. The van der Waals surface area contributed by atoms with Crippen LogP contribution in [-0.2, 0) is 20.8 Å². The highest BCUT2D eigenvalue weighted by atomic mass is 16.2. The minimum absolute atomic E-state index is 0.00687. The molecule has 1 atom stereocenters. The molecule has 24 heavy (non-hydrogen) atoms. The molecule has 6 heteroatoms. The number of hydrogen-bond acceptors (Lipinski definition) is 3. The summed E-state index contributed by atoms with van der Waals surface area (Å²) in [5.41, 5.74) is 0.575. The molecule has 0 radical (unpaired) electrons. The van der Waals surface area contributed by atoms with Crippen LogP contribution < -0.4 is 5.32 Å². The Morgan fingerprint density at radius 3 is 2.42 bits per heavy atom. The van der Waals surface area contributed by atoms with Crippen LogP contribution in [0.15, 0.2) is 30.3 Å². The van der Waals surface area contributed by atoms with Gasteiger partial charge in [0.15, 0.2) is 0 Å². The molecule has 1 aliphatic heterocycles. The molecule has 0 aliphatic carbocycles. The van der Waals surface area contributed by atoms with Gasteiger partial charge in [-0.15, -0.1) is 0 Å². The lowest BCUT2D eigenvalue weighted by Crippen LogP contribution is -2.61. The first kappa shape index (κ1) is 18.0. The third-order valence-electron chi connectivity index (χ3n) is 3.83. The van der Waals surface area contributed by atoms with Gasteiger partial charge in [0.05, 0.1) is 6.54 Å². The summed E-state index contributed by atoms with van der Waals surface area (Å²) in [5.74, 6) is -0.602. The molecular weight excluding hydrogens is 306 g/mol. The lowest BCUT2D eigenvalue weighted by atomic mass is 10.0. The second kappa shape index (κ2) is 7.03. The zero-order valence-corrected chi connectivity index (χ0v) is 14.7. The van der Waals surface area contributed by atoms with E-state index in [4.69, 9.17) is 0 Å². The topological polar surface area (TPSA) is 69.7 Å². The van der Waals surface area contributed by atoms with Gasteiger partial charge < -0.3 is 15.1 Å². The van der Waals surface area contributed by atoms with Crippen LogP contribution in [0, 0.1) is 0 Å². The molecule has 6 nitrogen and oxygen atoms in total. The number of rotatable bonds is 4. The van der Waals surface area contributed by atoms with Crippen LogP contribution >= 0.6 is 0 Å². The number of carbonyl (C=O) groups is 3. The number of hydrogen-bond donors (Lipinski definition) is 1. The van der Waals surface area contributed by atoms with Crippen molar-refractivity contribution in [2.24, 2.45) is 0 Å². The first-order chi connectivity index (χ1) is 11.2. The number of carbonyl (C=O) groups excluding carboxylic acids is 3. The summed E-state index contributed by atoms with van der Waals surface area (Å²) in [5, 5.41) is 2.84. The Hall–Kier alpha value is -2.37. The molecule has 1 N–H and O–H groups in total. The fourth-order valence-electron chi connectivity index (χ4n) is 2.78. The second-order valence-corrected chi connectivity index (χ2v) is 7.22. The predicted octanol–water partition coefficient (Wildman–Crippen LogP) is 0.813. The van der Waals surface area contributed by atoms with Gasteiger partial charge in [0.1, 0.15) is 12.6 Å². The number of likely N-dealkylation sites (N-methyl/N-ethyl adjacent to an activating group) is 1. The zero-order valence-electron chi connectivity index (χ0n) is 14.7. The Morgan fingerprint density at radius 2 is 1.83 bits per heavy atom. The summed E-state index contributed by atoms with van der Waals surface area (Å²) < 4.78 is 0. The Morgan fingerprint density at radius 1 is 1.21 bits per heavy atom. The molecule has 1 fully saturated rings. The SMILES string of the molecule is CN1CC(=O)N(CC(=O)NC(C)(C)C)[C@H](Cc2ccccc2)C1=O. The third kappa shape index (κ3) is 4.57. The fraction of sp³-hybridized carbons (Fsp3) is 0.500. The molecule has 0 unspecified atom stereocenters. The molecule has 1 aromatic rings. The molecule has 130 valence electrons. The molecular formula is C18H25N3O3. The van der Waals surface area contributed by atoms with Crippen molar-refractivity contribution in [2.45, 2.75) is 38.8 Å². The van der Waals surface area contributed by atoms with Crippen molar-refractivity contribution in [1.82, 2.24) is 15.1 Å². The van der Waals surface area contributed by atoms with Crippen molar-refractivity contribution >= 4 is 17.7 Å². The van der Waals surface area contributed by atoms with Gasteiger partial charge in [-0.3, -0.25) is 14.4 Å². The third-order valence-corrected chi connectivity index (χ3v) is 3.83. The van der Waals surface area contributed by atoms with Crippen molar-refractivity contribution in [2.75, 3.05) is 20.1 Å². The first-order valence-electron chi connectivity index (χ1n) is 8.07. The highest BCUT2D eigenvalue weighted by molar-refractivity contribution is 5.97. The van der Waals surface area contributed by atoms with Gasteiger partial charge in [-0.05, 0) is 26.3 Å². The quantitative estimate of drug-likeness (QED) is 0.888. The molecule has 1 aliphatic rings. The van der Waals surface area contributed by atoms with Gasteiger partial charge in [0.25, 0.3) is 0 Å². The van der Waals surface area contributed by atoms with E-state index in [-0.39, 0.29) is 36.3 Å². The van der Waals surface area contributed by atoms with Gasteiger partial charge in [-0.2, -0.15) is 0 Å². The number of benzene rings is 1. The van der Waals surface area contributed by atoms with Crippen molar-refractivity contribution < 1.29 is 14.4 Å². The first-order valence-corrected chi connectivity index (χ1v) is 8.07. The lowest BCUT2D eigenvalue weighted by Gasteiger charge is -2.39. The summed E-state index contributed by atoms with van der Waals surface area (Å²) in [6.45, 7) is 5.54. The standard InChI is InChI=1S/C18H25N3O3/c1-18(2,3)19-15(22)11-21-14(10-13-8-6-5-7-9-13)17(24)20(4)12-16(21)23/h5-9,14H,10-12H2,1-4H3,(H,19,22)/t14-/m1/s1. The Labute approximate surface area is 142 Å². The predicted molar refractivity (Wildman–Crippen MR) is 91.2 cm³/mol. The minimum Gasteiger partial charge on any atom is -0.350 e. The Bertz CT molecular complexity index is 622. The minimum atomic E-state index is -0.649. The molecule has 0 aromatic heterocycles. The van der Waals surface area contributed by atoms with E-state index in [2.05, 4.69) is 5.32 Å². The van der Waals surface area contributed by atoms with E-state index >= 15 is 0 Å². The van der Waals surface area contributed by atoms with Gasteiger partial charge in [0, 0.05) is 19.0 Å². The van der Waals surface area contributed by atoms with Crippen LogP contribution in [0.3, 0.4) is 0 Å². The van der Waals surface area contributed by atoms with Crippen LogP contribution in [0.2, 0.25) is 0 Å². The van der Waals surface area contributed by atoms with Crippen LogP contribution in [0.1, 0.15) is 26.3 Å². The molecule has 3 amide bonds. The van der Waals surface area contributed by atoms with E-state index in [0.29, 0.717) is 6.42 Å². The zero-order chi connectivity index (χ0) is 17.9. The van der Waals surface area contributed by atoms with Gasteiger partial charge in [-0.1, -0.05) is 30.3 Å². The largest absolute Gasteiger partial charge is 0.350 e. The molecule has 2 rings (SSSR count). The van der Waals surface area contributed by atoms with E-state index in [1.54, 1.807) is 7.05 Å². The van der Waals surface area contributed by atoms with Crippen LogP contribution in [-0.4, -0.2) is 59.2 Å². The number of nitrogens with one attached hydrogen (secondary N) is 1. The van der Waals surface area contributed by atoms with Gasteiger partial charge in [-0.25, -0.2) is 0 Å². The van der Waals surface area contributed by atoms with E-state index in [0.717, 1.165) is 5.56 Å². The van der Waals surface area contributed by atoms with Crippen LogP contribution in [0.5, 0.6) is 0 Å².